The fourth-order valence-corrected chi connectivity index (χ4v) is 1.86. The zero-order chi connectivity index (χ0) is 13.5. The van der Waals surface area contributed by atoms with Gasteiger partial charge < -0.3 is 20.1 Å². The summed E-state index contributed by atoms with van der Waals surface area (Å²) in [5, 5.41) is 6.56. The van der Waals surface area contributed by atoms with Gasteiger partial charge in [-0.15, -0.1) is 12.4 Å². The molecule has 20 heavy (non-hydrogen) atoms. The van der Waals surface area contributed by atoms with Gasteiger partial charge in [-0.1, -0.05) is 11.6 Å². The highest BCUT2D eigenvalue weighted by atomic mass is 35.5. The summed E-state index contributed by atoms with van der Waals surface area (Å²) in [6, 6.07) is 6.85. The van der Waals surface area contributed by atoms with E-state index >= 15 is 0 Å². The first kappa shape index (κ1) is 17.0. The molecule has 5 nitrogen and oxygen atoms in total. The van der Waals surface area contributed by atoms with Crippen molar-refractivity contribution in [2.45, 2.75) is 6.04 Å². The molecule has 1 fully saturated rings. The first-order valence-electron chi connectivity index (χ1n) is 6.23. The minimum absolute atomic E-state index is 0. The van der Waals surface area contributed by atoms with Crippen LogP contribution < -0.4 is 15.4 Å². The van der Waals surface area contributed by atoms with Gasteiger partial charge in [0.05, 0.1) is 19.8 Å². The molecule has 1 heterocycles. The summed E-state index contributed by atoms with van der Waals surface area (Å²) in [4.78, 5) is 11.7. The average molecular weight is 321 g/mol. The predicted molar refractivity (Wildman–Crippen MR) is 79.8 cm³/mol. The van der Waals surface area contributed by atoms with Crippen LogP contribution in [0.5, 0.6) is 5.75 Å². The largest absolute Gasteiger partial charge is 0.492 e. The molecule has 2 rings (SSSR count). The maximum Gasteiger partial charge on any atom is 0.239 e. The molecule has 1 unspecified atom stereocenters. The SMILES string of the molecule is Cl.O=C(NCCOc1ccc(Cl)cc1)C1COCCN1. The van der Waals surface area contributed by atoms with E-state index < -0.39 is 0 Å². The molecule has 1 atom stereocenters. The van der Waals surface area contributed by atoms with Crippen molar-refractivity contribution < 1.29 is 14.3 Å². The maximum absolute atomic E-state index is 11.7. The van der Waals surface area contributed by atoms with Crippen LogP contribution in [-0.2, 0) is 9.53 Å². The Morgan fingerprint density at radius 2 is 2.20 bits per heavy atom. The summed E-state index contributed by atoms with van der Waals surface area (Å²) in [6.07, 6.45) is 0. The second-order valence-corrected chi connectivity index (χ2v) is 4.61. The van der Waals surface area contributed by atoms with Crippen molar-refractivity contribution in [3.8, 4) is 5.75 Å². The van der Waals surface area contributed by atoms with Crippen molar-refractivity contribution in [3.05, 3.63) is 29.3 Å². The highest BCUT2D eigenvalue weighted by molar-refractivity contribution is 6.30. The number of morpholine rings is 1. The molecule has 1 saturated heterocycles. The van der Waals surface area contributed by atoms with E-state index in [2.05, 4.69) is 10.6 Å². The minimum Gasteiger partial charge on any atom is -0.492 e. The number of amides is 1. The normalized spacial score (nSPS) is 17.9. The van der Waals surface area contributed by atoms with Crippen LogP contribution in [0, 0.1) is 0 Å². The van der Waals surface area contributed by atoms with E-state index in [-0.39, 0.29) is 24.4 Å². The van der Waals surface area contributed by atoms with Crippen molar-refractivity contribution in [3.63, 3.8) is 0 Å². The van der Waals surface area contributed by atoms with Gasteiger partial charge in [-0.2, -0.15) is 0 Å². The smallest absolute Gasteiger partial charge is 0.239 e. The van der Waals surface area contributed by atoms with Crippen LogP contribution in [0.25, 0.3) is 0 Å². The second kappa shape index (κ2) is 9.02. The van der Waals surface area contributed by atoms with Gasteiger partial charge in [-0.25, -0.2) is 0 Å². The van der Waals surface area contributed by atoms with Crippen LogP contribution in [0.1, 0.15) is 0 Å². The van der Waals surface area contributed by atoms with Crippen molar-refractivity contribution in [2.24, 2.45) is 0 Å². The number of hydrogen-bond donors (Lipinski definition) is 2. The number of benzene rings is 1. The number of nitrogens with one attached hydrogen (secondary N) is 2. The van der Waals surface area contributed by atoms with Crippen molar-refractivity contribution in [2.75, 3.05) is 32.9 Å². The Morgan fingerprint density at radius 3 is 2.85 bits per heavy atom. The lowest BCUT2D eigenvalue weighted by atomic mass is 10.2. The summed E-state index contributed by atoms with van der Waals surface area (Å²) in [5.41, 5.74) is 0. The van der Waals surface area contributed by atoms with Gasteiger partial charge in [0, 0.05) is 11.6 Å². The molecule has 1 aliphatic rings. The van der Waals surface area contributed by atoms with E-state index in [4.69, 9.17) is 21.1 Å². The highest BCUT2D eigenvalue weighted by Crippen LogP contribution is 2.15. The quantitative estimate of drug-likeness (QED) is 0.802. The van der Waals surface area contributed by atoms with Crippen molar-refractivity contribution >= 4 is 29.9 Å². The standard InChI is InChI=1S/C13H17ClN2O3.ClH/c14-10-1-3-11(4-2-10)19-8-6-16-13(17)12-9-18-7-5-15-12;/h1-4,12,15H,5-9H2,(H,16,17);1H. The molecule has 1 aromatic rings. The van der Waals surface area contributed by atoms with Gasteiger partial charge in [0.15, 0.2) is 0 Å². The van der Waals surface area contributed by atoms with E-state index in [1.54, 1.807) is 24.3 Å². The van der Waals surface area contributed by atoms with Crippen LogP contribution in [0.15, 0.2) is 24.3 Å². The Labute approximate surface area is 129 Å². The molecule has 0 aliphatic carbocycles. The fraction of sp³-hybridized carbons (Fsp3) is 0.462. The Bertz CT molecular complexity index is 409. The number of ether oxygens (including phenoxy) is 2. The monoisotopic (exact) mass is 320 g/mol. The van der Waals surface area contributed by atoms with Crippen LogP contribution in [0.2, 0.25) is 5.02 Å². The highest BCUT2D eigenvalue weighted by Gasteiger charge is 2.20. The van der Waals surface area contributed by atoms with Gasteiger partial charge in [-0.3, -0.25) is 4.79 Å². The van der Waals surface area contributed by atoms with Crippen LogP contribution in [-0.4, -0.2) is 44.9 Å². The number of rotatable bonds is 5. The van der Waals surface area contributed by atoms with E-state index in [0.717, 1.165) is 5.75 Å². The van der Waals surface area contributed by atoms with E-state index in [1.165, 1.54) is 0 Å². The van der Waals surface area contributed by atoms with Crippen LogP contribution >= 0.6 is 24.0 Å². The summed E-state index contributed by atoms with van der Waals surface area (Å²) < 4.78 is 10.7. The topological polar surface area (TPSA) is 59.6 Å². The molecule has 7 heteroatoms. The molecule has 0 spiro atoms. The molecule has 0 aromatic heterocycles. The van der Waals surface area contributed by atoms with Gasteiger partial charge in [0.1, 0.15) is 18.4 Å². The Hall–Kier alpha value is -1.01. The zero-order valence-electron chi connectivity index (χ0n) is 10.9. The van der Waals surface area contributed by atoms with E-state index in [9.17, 15) is 4.79 Å². The predicted octanol–water partition coefficient (Wildman–Crippen LogP) is 1.25. The lowest BCUT2D eigenvalue weighted by Crippen LogP contribution is -2.51. The van der Waals surface area contributed by atoms with Gasteiger partial charge in [-0.05, 0) is 24.3 Å². The lowest BCUT2D eigenvalue weighted by Gasteiger charge is -2.22. The Balaban J connectivity index is 0.00000200. The molecule has 0 bridgehead atoms. The molecule has 1 amide bonds. The molecule has 0 saturated carbocycles. The molecule has 2 N–H and O–H groups in total. The van der Waals surface area contributed by atoms with Gasteiger partial charge >= 0.3 is 0 Å². The molecular weight excluding hydrogens is 303 g/mol. The molecule has 0 radical (unpaired) electrons. The number of hydrogen-bond acceptors (Lipinski definition) is 4. The van der Waals surface area contributed by atoms with Crippen LogP contribution in [0.4, 0.5) is 0 Å². The second-order valence-electron chi connectivity index (χ2n) is 4.18. The Morgan fingerprint density at radius 1 is 1.45 bits per heavy atom. The van der Waals surface area contributed by atoms with Crippen molar-refractivity contribution in [1.82, 2.24) is 10.6 Å². The maximum atomic E-state index is 11.7. The molecule has 112 valence electrons. The summed E-state index contributed by atoms with van der Waals surface area (Å²) in [5.74, 6) is 0.678. The number of carbonyl (C=O) groups excluding carboxylic acids is 1. The lowest BCUT2D eigenvalue weighted by molar-refractivity contribution is -0.126. The van der Waals surface area contributed by atoms with Crippen molar-refractivity contribution in [1.29, 1.82) is 0 Å². The molecule has 1 aromatic carbocycles. The summed E-state index contributed by atoms with van der Waals surface area (Å²) in [7, 11) is 0. The first-order valence-corrected chi connectivity index (χ1v) is 6.61. The van der Waals surface area contributed by atoms with Gasteiger partial charge in [0.2, 0.25) is 5.91 Å². The minimum atomic E-state index is -0.260. The van der Waals surface area contributed by atoms with E-state index in [0.29, 0.717) is 37.9 Å². The average Bonchev–Trinajstić information content (AvgIpc) is 2.46. The number of halogens is 2. The summed E-state index contributed by atoms with van der Waals surface area (Å²) in [6.45, 7) is 2.66. The van der Waals surface area contributed by atoms with E-state index in [1.807, 2.05) is 0 Å². The third-order valence-electron chi connectivity index (χ3n) is 2.72. The molecule has 1 aliphatic heterocycles. The summed E-state index contributed by atoms with van der Waals surface area (Å²) >= 11 is 5.77. The molecular formula is C13H18Cl2N2O3. The van der Waals surface area contributed by atoms with Gasteiger partial charge in [0.25, 0.3) is 0 Å². The number of carbonyl (C=O) groups is 1. The van der Waals surface area contributed by atoms with Crippen LogP contribution in [0.3, 0.4) is 0 Å². The zero-order valence-corrected chi connectivity index (χ0v) is 12.5. The third kappa shape index (κ3) is 5.54. The fourth-order valence-electron chi connectivity index (χ4n) is 1.73. The third-order valence-corrected chi connectivity index (χ3v) is 2.97. The first-order chi connectivity index (χ1) is 9.25. The Kier molecular flexibility index (Phi) is 7.69.